The van der Waals surface area contributed by atoms with Gasteiger partial charge in [-0.15, -0.1) is 10.2 Å². The maximum absolute atomic E-state index is 12.5. The number of amides is 1. The number of likely N-dealkylation sites (tertiary alicyclic amines) is 1. The van der Waals surface area contributed by atoms with E-state index in [9.17, 15) is 4.79 Å². The molecule has 1 aliphatic rings. The molecular weight excluding hydrogens is 402 g/mol. The average Bonchev–Trinajstić information content (AvgIpc) is 2.93. The van der Waals surface area contributed by atoms with Crippen LogP contribution in [0.5, 0.6) is 0 Å². The number of nitrogens with zero attached hydrogens (tertiary/aromatic N) is 4. The number of benzene rings is 1. The van der Waals surface area contributed by atoms with Crippen LogP contribution in [0.4, 0.5) is 0 Å². The average molecular weight is 424 g/mol. The van der Waals surface area contributed by atoms with E-state index in [4.69, 9.17) is 5.84 Å². The maximum atomic E-state index is 12.5. The van der Waals surface area contributed by atoms with Gasteiger partial charge < -0.3 is 10.7 Å². The molecule has 2 unspecified atom stereocenters. The zero-order valence-corrected chi connectivity index (χ0v) is 16.8. The van der Waals surface area contributed by atoms with E-state index in [-0.39, 0.29) is 5.91 Å². The second-order valence-electron chi connectivity index (χ2n) is 6.69. The summed E-state index contributed by atoms with van der Waals surface area (Å²) in [5.41, 5.74) is 0.870. The summed E-state index contributed by atoms with van der Waals surface area (Å²) in [6, 6.07) is 7.70. The Bertz CT molecular complexity index is 755. The quantitative estimate of drug-likeness (QED) is 0.603. The van der Waals surface area contributed by atoms with E-state index in [1.807, 2.05) is 29.2 Å². The van der Waals surface area contributed by atoms with Gasteiger partial charge in [0.05, 0.1) is 5.75 Å². The van der Waals surface area contributed by atoms with Gasteiger partial charge in [0.15, 0.2) is 5.82 Å². The summed E-state index contributed by atoms with van der Waals surface area (Å²) < 4.78 is 2.34. The van der Waals surface area contributed by atoms with Crippen LogP contribution >= 0.6 is 27.7 Å². The molecule has 0 bridgehead atoms. The normalized spacial score (nSPS) is 20.7. The van der Waals surface area contributed by atoms with E-state index >= 15 is 0 Å². The SMILES string of the molecule is CC1CC(C)CN(C(=O)CSc2nnc(-c3ccccc3Br)n2N)C1. The van der Waals surface area contributed by atoms with Gasteiger partial charge in [0.1, 0.15) is 0 Å². The third-order valence-electron chi connectivity index (χ3n) is 4.33. The highest BCUT2D eigenvalue weighted by Gasteiger charge is 2.26. The van der Waals surface area contributed by atoms with E-state index in [0.29, 0.717) is 28.6 Å². The lowest BCUT2D eigenvalue weighted by molar-refractivity contribution is -0.130. The lowest BCUT2D eigenvalue weighted by atomic mass is 9.92. The lowest BCUT2D eigenvalue weighted by Crippen LogP contribution is -2.43. The molecule has 134 valence electrons. The fourth-order valence-corrected chi connectivity index (χ4v) is 4.51. The smallest absolute Gasteiger partial charge is 0.233 e. The number of carbonyl (C=O) groups is 1. The molecule has 2 aromatic rings. The standard InChI is InChI=1S/C17H22BrN5OS/c1-11-7-12(2)9-22(8-11)15(24)10-25-17-21-20-16(23(17)19)13-5-3-4-6-14(13)18/h3-6,11-12H,7-10,19H2,1-2H3. The predicted molar refractivity (Wildman–Crippen MR) is 104 cm³/mol. The molecule has 0 saturated carbocycles. The number of aromatic nitrogens is 3. The Kier molecular flexibility index (Phi) is 5.68. The molecule has 1 saturated heterocycles. The molecule has 1 fully saturated rings. The molecule has 2 heterocycles. The van der Waals surface area contributed by atoms with Crippen LogP contribution in [0.1, 0.15) is 20.3 Å². The van der Waals surface area contributed by atoms with E-state index in [2.05, 4.69) is 40.0 Å². The lowest BCUT2D eigenvalue weighted by Gasteiger charge is -2.34. The predicted octanol–water partition coefficient (Wildman–Crippen LogP) is 3.02. The summed E-state index contributed by atoms with van der Waals surface area (Å²) >= 11 is 4.83. The molecule has 0 aliphatic carbocycles. The van der Waals surface area contributed by atoms with Crippen LogP contribution in [0, 0.1) is 11.8 Å². The minimum atomic E-state index is 0.133. The van der Waals surface area contributed by atoms with Crippen molar-refractivity contribution in [3.8, 4) is 11.4 Å². The van der Waals surface area contributed by atoms with E-state index in [0.717, 1.165) is 23.1 Å². The van der Waals surface area contributed by atoms with Gasteiger partial charge in [-0.05, 0) is 30.4 Å². The van der Waals surface area contributed by atoms with Crippen LogP contribution in [0.15, 0.2) is 33.9 Å². The Morgan fingerprint density at radius 1 is 1.28 bits per heavy atom. The van der Waals surface area contributed by atoms with Crippen molar-refractivity contribution in [2.75, 3.05) is 24.7 Å². The molecule has 2 atom stereocenters. The second kappa shape index (κ2) is 7.78. The summed E-state index contributed by atoms with van der Waals surface area (Å²) in [7, 11) is 0. The highest BCUT2D eigenvalue weighted by molar-refractivity contribution is 9.10. The van der Waals surface area contributed by atoms with Gasteiger partial charge in [-0.3, -0.25) is 4.79 Å². The van der Waals surface area contributed by atoms with Crippen molar-refractivity contribution in [1.82, 2.24) is 19.8 Å². The number of piperidine rings is 1. The zero-order valence-electron chi connectivity index (χ0n) is 14.4. The van der Waals surface area contributed by atoms with Gasteiger partial charge in [0, 0.05) is 23.1 Å². The largest absolute Gasteiger partial charge is 0.341 e. The summed E-state index contributed by atoms with van der Waals surface area (Å²) in [4.78, 5) is 14.5. The maximum Gasteiger partial charge on any atom is 0.233 e. The summed E-state index contributed by atoms with van der Waals surface area (Å²) in [5, 5.41) is 8.85. The topological polar surface area (TPSA) is 77.0 Å². The molecule has 2 N–H and O–H groups in total. The molecule has 25 heavy (non-hydrogen) atoms. The molecule has 1 aromatic carbocycles. The van der Waals surface area contributed by atoms with Crippen molar-refractivity contribution in [2.45, 2.75) is 25.4 Å². The van der Waals surface area contributed by atoms with Gasteiger partial charge in [0.25, 0.3) is 0 Å². The fraction of sp³-hybridized carbons (Fsp3) is 0.471. The number of nitrogens with two attached hydrogens (primary N) is 1. The van der Waals surface area contributed by atoms with Crippen LogP contribution in [0.2, 0.25) is 0 Å². The third kappa shape index (κ3) is 4.17. The highest BCUT2D eigenvalue weighted by atomic mass is 79.9. The van der Waals surface area contributed by atoms with Gasteiger partial charge in [-0.25, -0.2) is 4.68 Å². The summed E-state index contributed by atoms with van der Waals surface area (Å²) in [5.74, 6) is 8.27. The van der Waals surface area contributed by atoms with Crippen molar-refractivity contribution in [3.05, 3.63) is 28.7 Å². The number of hydrogen-bond acceptors (Lipinski definition) is 5. The van der Waals surface area contributed by atoms with Crippen molar-refractivity contribution < 1.29 is 4.79 Å². The van der Waals surface area contributed by atoms with Crippen LogP contribution < -0.4 is 5.84 Å². The van der Waals surface area contributed by atoms with Gasteiger partial charge in [-0.1, -0.05) is 53.7 Å². The first kappa shape index (κ1) is 18.3. The molecule has 1 amide bonds. The number of halogens is 1. The van der Waals surface area contributed by atoms with Crippen LogP contribution in [-0.2, 0) is 4.79 Å². The Balaban J connectivity index is 1.66. The Labute approximate surface area is 160 Å². The molecule has 8 heteroatoms. The van der Waals surface area contributed by atoms with Crippen LogP contribution in [-0.4, -0.2) is 44.5 Å². The number of thioether (sulfide) groups is 1. The van der Waals surface area contributed by atoms with Crippen molar-refractivity contribution in [3.63, 3.8) is 0 Å². The minimum Gasteiger partial charge on any atom is -0.341 e. The third-order valence-corrected chi connectivity index (χ3v) is 5.94. The number of hydrogen-bond donors (Lipinski definition) is 1. The van der Waals surface area contributed by atoms with Crippen molar-refractivity contribution >= 4 is 33.6 Å². The molecule has 0 spiro atoms. The van der Waals surface area contributed by atoms with Crippen molar-refractivity contribution in [1.29, 1.82) is 0 Å². The molecule has 1 aromatic heterocycles. The van der Waals surface area contributed by atoms with E-state index in [1.165, 1.54) is 22.9 Å². The van der Waals surface area contributed by atoms with Crippen LogP contribution in [0.25, 0.3) is 11.4 Å². The Hall–Kier alpha value is -1.54. The Morgan fingerprint density at radius 3 is 2.64 bits per heavy atom. The van der Waals surface area contributed by atoms with Gasteiger partial charge >= 0.3 is 0 Å². The summed E-state index contributed by atoms with van der Waals surface area (Å²) in [6.45, 7) is 6.07. The molecule has 6 nitrogen and oxygen atoms in total. The van der Waals surface area contributed by atoms with Gasteiger partial charge in [-0.2, -0.15) is 0 Å². The van der Waals surface area contributed by atoms with Crippen LogP contribution in [0.3, 0.4) is 0 Å². The van der Waals surface area contributed by atoms with E-state index in [1.54, 1.807) is 0 Å². The number of nitrogen functional groups attached to an aromatic ring is 1. The first-order chi connectivity index (χ1) is 12.0. The number of rotatable bonds is 4. The first-order valence-electron chi connectivity index (χ1n) is 8.31. The number of carbonyl (C=O) groups excluding carboxylic acids is 1. The van der Waals surface area contributed by atoms with Crippen molar-refractivity contribution in [2.24, 2.45) is 11.8 Å². The van der Waals surface area contributed by atoms with E-state index < -0.39 is 0 Å². The summed E-state index contributed by atoms with van der Waals surface area (Å²) in [6.07, 6.45) is 1.18. The monoisotopic (exact) mass is 423 g/mol. The second-order valence-corrected chi connectivity index (χ2v) is 8.49. The fourth-order valence-electron chi connectivity index (χ4n) is 3.29. The highest BCUT2D eigenvalue weighted by Crippen LogP contribution is 2.28. The first-order valence-corrected chi connectivity index (χ1v) is 10.1. The van der Waals surface area contributed by atoms with Gasteiger partial charge in [0.2, 0.25) is 11.1 Å². The molecule has 1 aliphatic heterocycles. The molecule has 3 rings (SSSR count). The Morgan fingerprint density at radius 2 is 1.96 bits per heavy atom. The molecule has 0 radical (unpaired) electrons. The minimum absolute atomic E-state index is 0.133. The molecular formula is C17H22BrN5OS. The zero-order chi connectivity index (χ0) is 18.0.